The molecule has 6 nitrogen and oxygen atoms in total. The Balaban J connectivity index is 0.000000303. The van der Waals surface area contributed by atoms with Crippen LogP contribution in [0.25, 0.3) is 33.6 Å². The third-order valence-corrected chi connectivity index (χ3v) is 13.4. The molecule has 0 amide bonds. The second kappa shape index (κ2) is 35.7. The SMILES string of the molecule is C1=CCCC1.C1=CCCC1.COc1ccc(-[n+]2ccc(-c3cc[n+](CCCC[C@@H]4C=CCC4)cc3)cc2)cc1.COc1ccc(-[n+]2ccc(-c3cc[n+](CCCC[C@@H]4C=CCC4)cc3)cc2)cc1.[Cl-].[Fe].[Fe].[I-]. The summed E-state index contributed by atoms with van der Waals surface area (Å²) < 4.78 is 19.3. The van der Waals surface area contributed by atoms with Gasteiger partial charge in [-0.2, -0.15) is 9.13 Å². The van der Waals surface area contributed by atoms with Gasteiger partial charge >= 0.3 is 0 Å². The van der Waals surface area contributed by atoms with E-state index >= 15 is 0 Å². The minimum atomic E-state index is 0. The first-order valence-corrected chi connectivity index (χ1v) is 25.6. The number of benzene rings is 2. The summed E-state index contributed by atoms with van der Waals surface area (Å²) in [5, 5.41) is 0. The standard InChI is InChI=1S/2C26H30N2O.2C5H8.ClH.2Fe.HI/c2*1-29-26-11-9-25(10-12-26)28-20-15-24(16-21-28)23-13-18-27(19-14-23)17-5-4-8-22-6-2-3-7-22;2*1-2-4-5-3-1;;;;/h2*2,6,9-16,18-22H,3-5,7-8,17H2,1H3;2*1-2H,3-5H2;1H;;;1H/q2*+2;;;;;;/p-2/t2*22-;;;;;;/m11....../s1. The summed E-state index contributed by atoms with van der Waals surface area (Å²) in [5.41, 5.74) is 7.20. The van der Waals surface area contributed by atoms with Gasteiger partial charge < -0.3 is 45.9 Å². The number of aryl methyl sites for hydroxylation is 2. The van der Waals surface area contributed by atoms with Gasteiger partial charge in [-0.25, -0.2) is 9.13 Å². The molecule has 384 valence electrons. The molecule has 2 atom stereocenters. The van der Waals surface area contributed by atoms with Crippen LogP contribution in [-0.4, -0.2) is 14.2 Å². The fraction of sp³-hybridized carbons (Fsp3) is 0.355. The molecule has 0 fully saturated rings. The van der Waals surface area contributed by atoms with Crippen molar-refractivity contribution in [3.05, 3.63) is 195 Å². The van der Waals surface area contributed by atoms with Gasteiger partial charge in [-0.3, -0.25) is 0 Å². The van der Waals surface area contributed by atoms with E-state index in [9.17, 15) is 0 Å². The Bertz CT molecular complexity index is 2290. The van der Waals surface area contributed by atoms with Crippen LogP contribution in [0.5, 0.6) is 11.5 Å². The summed E-state index contributed by atoms with van der Waals surface area (Å²) in [7, 11) is 3.38. The van der Waals surface area contributed by atoms with Gasteiger partial charge in [0.15, 0.2) is 49.6 Å². The average molecular weight is 1180 g/mol. The molecule has 0 unspecified atom stereocenters. The van der Waals surface area contributed by atoms with Gasteiger partial charge in [0, 0.05) is 120 Å². The van der Waals surface area contributed by atoms with Gasteiger partial charge in [0.1, 0.15) is 24.6 Å². The number of allylic oxidation sites excluding steroid dienone is 8. The zero-order valence-electron chi connectivity index (χ0n) is 42.4. The van der Waals surface area contributed by atoms with Crippen LogP contribution in [0.3, 0.4) is 0 Å². The smallest absolute Gasteiger partial charge is 0.210 e. The van der Waals surface area contributed by atoms with Crippen LogP contribution < -0.4 is 64.1 Å². The van der Waals surface area contributed by atoms with Crippen molar-refractivity contribution >= 4 is 0 Å². The first-order valence-electron chi connectivity index (χ1n) is 25.6. The van der Waals surface area contributed by atoms with Crippen molar-refractivity contribution in [2.45, 2.75) is 116 Å². The third kappa shape index (κ3) is 21.2. The number of ether oxygens (including phenoxy) is 2. The van der Waals surface area contributed by atoms with Crippen LogP contribution in [0.4, 0.5) is 0 Å². The zero-order chi connectivity index (χ0) is 46.9. The summed E-state index contributed by atoms with van der Waals surface area (Å²) in [6.07, 6.45) is 56.8. The van der Waals surface area contributed by atoms with Crippen molar-refractivity contribution in [1.82, 2.24) is 0 Å². The molecule has 4 aromatic heterocycles. The number of nitrogens with zero attached hydrogens (tertiary/aromatic N) is 4. The molecular weight excluding hydrogens is 1110 g/mol. The summed E-state index contributed by atoms with van der Waals surface area (Å²) in [4.78, 5) is 0. The van der Waals surface area contributed by atoms with Crippen molar-refractivity contribution in [3.8, 4) is 45.1 Å². The van der Waals surface area contributed by atoms with E-state index in [1.807, 2.05) is 24.3 Å². The molecule has 2 aromatic carbocycles. The first kappa shape index (κ1) is 62.0. The maximum atomic E-state index is 5.23. The second-order valence-electron chi connectivity index (χ2n) is 18.4. The zero-order valence-corrected chi connectivity index (χ0v) is 47.5. The van der Waals surface area contributed by atoms with Crippen LogP contribution in [-0.2, 0) is 47.2 Å². The van der Waals surface area contributed by atoms with Crippen molar-refractivity contribution < 1.29 is 98.3 Å². The molecule has 0 N–H and O–H groups in total. The summed E-state index contributed by atoms with van der Waals surface area (Å²) >= 11 is 0. The fourth-order valence-electron chi connectivity index (χ4n) is 9.14. The third-order valence-electron chi connectivity index (χ3n) is 13.4. The fourth-order valence-corrected chi connectivity index (χ4v) is 9.14. The number of hydrogen-bond donors (Lipinski definition) is 0. The number of rotatable bonds is 16. The number of aromatic nitrogens is 4. The molecule has 72 heavy (non-hydrogen) atoms. The molecule has 4 aliphatic rings. The van der Waals surface area contributed by atoms with E-state index in [1.54, 1.807) is 14.2 Å². The second-order valence-corrected chi connectivity index (χ2v) is 18.4. The predicted molar refractivity (Wildman–Crippen MR) is 278 cm³/mol. The van der Waals surface area contributed by atoms with Crippen molar-refractivity contribution in [2.75, 3.05) is 14.2 Å². The number of halogens is 2. The molecule has 0 radical (unpaired) electrons. The Hall–Kier alpha value is -4.34. The van der Waals surface area contributed by atoms with Crippen molar-refractivity contribution in [2.24, 2.45) is 11.8 Å². The van der Waals surface area contributed by atoms with E-state index in [2.05, 4.69) is 189 Å². The maximum absolute atomic E-state index is 5.23. The minimum Gasteiger partial charge on any atom is -1.00 e. The molecule has 0 spiro atoms. The predicted octanol–water partition coefficient (Wildman–Crippen LogP) is 7.58. The molecule has 0 saturated heterocycles. The van der Waals surface area contributed by atoms with Crippen LogP contribution in [0.15, 0.2) is 195 Å². The molecular formula is C62H76ClFe2IN4O2+2. The Labute approximate surface area is 476 Å². The van der Waals surface area contributed by atoms with Gasteiger partial charge in [0.25, 0.3) is 0 Å². The number of methoxy groups -OCH3 is 2. The quantitative estimate of drug-likeness (QED) is 0.0330. The molecule has 0 saturated carbocycles. The average Bonchev–Trinajstić information content (AvgIpc) is 4.29. The van der Waals surface area contributed by atoms with Crippen LogP contribution in [0.1, 0.15) is 103 Å². The van der Waals surface area contributed by atoms with Crippen molar-refractivity contribution in [1.29, 1.82) is 0 Å². The summed E-state index contributed by atoms with van der Waals surface area (Å²) in [6, 6.07) is 33.7. The number of unbranched alkanes of at least 4 members (excludes halogenated alkanes) is 2. The van der Waals surface area contributed by atoms with E-state index in [0.717, 1.165) is 47.8 Å². The van der Waals surface area contributed by atoms with E-state index in [0.29, 0.717) is 0 Å². The normalized spacial score (nSPS) is 15.4. The van der Waals surface area contributed by atoms with Gasteiger partial charge in [0.05, 0.1) is 14.2 Å². The Morgan fingerprint density at radius 1 is 0.403 bits per heavy atom. The van der Waals surface area contributed by atoms with Crippen LogP contribution >= 0.6 is 0 Å². The summed E-state index contributed by atoms with van der Waals surface area (Å²) in [5.74, 6) is 3.42. The van der Waals surface area contributed by atoms with Crippen molar-refractivity contribution in [3.63, 3.8) is 0 Å². The Morgan fingerprint density at radius 2 is 0.722 bits per heavy atom. The van der Waals surface area contributed by atoms with E-state index in [1.165, 1.54) is 125 Å². The molecule has 10 rings (SSSR count). The Kier molecular flexibility index (Phi) is 30.8. The molecule has 4 aliphatic carbocycles. The largest absolute Gasteiger partial charge is 1.00 e. The summed E-state index contributed by atoms with van der Waals surface area (Å²) in [6.45, 7) is 2.20. The van der Waals surface area contributed by atoms with Crippen LogP contribution in [0, 0.1) is 11.8 Å². The molecule has 0 aliphatic heterocycles. The minimum absolute atomic E-state index is 0. The molecule has 4 heterocycles. The Morgan fingerprint density at radius 3 is 0.986 bits per heavy atom. The van der Waals surface area contributed by atoms with E-state index < -0.39 is 0 Å². The van der Waals surface area contributed by atoms with E-state index in [-0.39, 0.29) is 70.5 Å². The molecule has 6 aromatic rings. The number of hydrogen-bond acceptors (Lipinski definition) is 2. The number of pyridine rings is 4. The van der Waals surface area contributed by atoms with Gasteiger partial charge in [-0.1, -0.05) is 48.6 Å². The van der Waals surface area contributed by atoms with E-state index in [4.69, 9.17) is 9.47 Å². The van der Waals surface area contributed by atoms with Gasteiger partial charge in [-0.05, 0) is 148 Å². The van der Waals surface area contributed by atoms with Gasteiger partial charge in [0.2, 0.25) is 11.4 Å². The maximum Gasteiger partial charge on any atom is 0.210 e. The molecule has 10 heteroatoms. The molecule has 0 bridgehead atoms. The topological polar surface area (TPSA) is 34.0 Å². The van der Waals surface area contributed by atoms with Gasteiger partial charge in [-0.15, -0.1) is 0 Å². The monoisotopic (exact) mass is 1180 g/mol. The van der Waals surface area contributed by atoms with Crippen LogP contribution in [0.2, 0.25) is 0 Å². The first-order chi connectivity index (χ1) is 33.6.